The van der Waals surface area contributed by atoms with Gasteiger partial charge in [0.1, 0.15) is 0 Å². The average Bonchev–Trinajstić information content (AvgIpc) is 2.95. The van der Waals surface area contributed by atoms with Crippen molar-refractivity contribution >= 4 is 21.6 Å². The number of thiazole rings is 1. The molecule has 0 N–H and O–H groups in total. The number of rotatable bonds is 1. The Hall–Kier alpha value is -1.40. The van der Waals surface area contributed by atoms with Gasteiger partial charge in [-0.15, -0.1) is 11.3 Å². The van der Waals surface area contributed by atoms with E-state index in [4.69, 9.17) is 10.2 Å². The van der Waals surface area contributed by atoms with E-state index < -0.39 is 0 Å². The third-order valence-electron chi connectivity index (χ3n) is 5.31. The molecule has 2 saturated carbocycles. The minimum Gasteiger partial charge on any atom is -0.241 e. The van der Waals surface area contributed by atoms with Crippen LogP contribution in [0.15, 0.2) is 18.2 Å². The second-order valence-electron chi connectivity index (χ2n) is 6.44. The second kappa shape index (κ2) is 4.56. The summed E-state index contributed by atoms with van der Waals surface area (Å²) in [6.07, 6.45) is 5.54. The van der Waals surface area contributed by atoms with Gasteiger partial charge in [0.15, 0.2) is 0 Å². The second-order valence-corrected chi connectivity index (χ2v) is 7.50. The summed E-state index contributed by atoms with van der Waals surface area (Å²) in [6, 6.07) is 8.10. The van der Waals surface area contributed by atoms with E-state index in [2.05, 4.69) is 13.0 Å². The van der Waals surface area contributed by atoms with E-state index in [9.17, 15) is 0 Å². The van der Waals surface area contributed by atoms with Gasteiger partial charge >= 0.3 is 0 Å². The summed E-state index contributed by atoms with van der Waals surface area (Å²) < 4.78 is 1.18. The number of nitrogens with zero attached hydrogens (tertiary/aromatic N) is 2. The van der Waals surface area contributed by atoms with Crippen molar-refractivity contribution in [1.82, 2.24) is 4.98 Å². The minimum atomic E-state index is 0.682. The van der Waals surface area contributed by atoms with Crippen LogP contribution in [0.3, 0.4) is 0 Å². The van der Waals surface area contributed by atoms with E-state index in [1.807, 2.05) is 29.5 Å². The maximum absolute atomic E-state index is 9.02. The molecule has 3 heteroatoms. The van der Waals surface area contributed by atoms with Gasteiger partial charge in [0.25, 0.3) is 0 Å². The SMILES string of the molecule is CC1CC2CCCC1C2c1nc2ccc(C#N)cc2s1. The summed E-state index contributed by atoms with van der Waals surface area (Å²) in [5.41, 5.74) is 1.81. The van der Waals surface area contributed by atoms with Crippen molar-refractivity contribution in [1.29, 1.82) is 5.26 Å². The smallest absolute Gasteiger partial charge is 0.0992 e. The standard InChI is InChI=1S/C17H18N2S/c1-10-7-12-3-2-4-13(10)16(12)17-19-14-6-5-11(9-18)8-15(14)20-17/h5-6,8,10,12-13,16H,2-4,7H2,1H3. The molecular weight excluding hydrogens is 264 g/mol. The first-order valence-corrected chi connectivity index (χ1v) is 8.38. The Morgan fingerprint density at radius 1 is 1.35 bits per heavy atom. The van der Waals surface area contributed by atoms with Crippen LogP contribution in [0.5, 0.6) is 0 Å². The largest absolute Gasteiger partial charge is 0.241 e. The lowest BCUT2D eigenvalue weighted by Gasteiger charge is -2.29. The van der Waals surface area contributed by atoms with Crippen molar-refractivity contribution in [3.05, 3.63) is 28.8 Å². The van der Waals surface area contributed by atoms with E-state index >= 15 is 0 Å². The molecule has 4 atom stereocenters. The van der Waals surface area contributed by atoms with Crippen molar-refractivity contribution in [2.24, 2.45) is 17.8 Å². The fourth-order valence-electron chi connectivity index (χ4n) is 4.42. The lowest BCUT2D eigenvalue weighted by molar-refractivity contribution is 0.283. The number of benzene rings is 1. The van der Waals surface area contributed by atoms with Gasteiger partial charge in [0.2, 0.25) is 0 Å². The van der Waals surface area contributed by atoms with Crippen molar-refractivity contribution in [2.75, 3.05) is 0 Å². The molecule has 0 spiro atoms. The van der Waals surface area contributed by atoms with Crippen molar-refractivity contribution in [3.8, 4) is 6.07 Å². The van der Waals surface area contributed by atoms with Gasteiger partial charge in [0, 0.05) is 5.92 Å². The lowest BCUT2D eigenvalue weighted by Crippen LogP contribution is -2.19. The summed E-state index contributed by atoms with van der Waals surface area (Å²) in [6.45, 7) is 2.42. The molecule has 0 aliphatic heterocycles. The first-order chi connectivity index (χ1) is 9.76. The Balaban J connectivity index is 1.77. The highest BCUT2D eigenvalue weighted by Gasteiger charge is 2.45. The molecule has 2 bridgehead atoms. The van der Waals surface area contributed by atoms with E-state index in [1.54, 1.807) is 0 Å². The van der Waals surface area contributed by atoms with Crippen LogP contribution < -0.4 is 0 Å². The molecule has 1 aromatic carbocycles. The molecule has 1 heterocycles. The maximum atomic E-state index is 9.02. The minimum absolute atomic E-state index is 0.682. The van der Waals surface area contributed by atoms with Gasteiger partial charge in [-0.05, 0) is 55.2 Å². The Morgan fingerprint density at radius 2 is 2.25 bits per heavy atom. The van der Waals surface area contributed by atoms with Crippen LogP contribution in [0, 0.1) is 29.1 Å². The van der Waals surface area contributed by atoms with E-state index in [-0.39, 0.29) is 0 Å². The zero-order chi connectivity index (χ0) is 13.7. The highest BCUT2D eigenvalue weighted by atomic mass is 32.1. The highest BCUT2D eigenvalue weighted by molar-refractivity contribution is 7.18. The van der Waals surface area contributed by atoms with Gasteiger partial charge in [0.05, 0.1) is 26.9 Å². The first kappa shape index (κ1) is 12.3. The molecule has 0 amide bonds. The molecule has 4 unspecified atom stereocenters. The fraction of sp³-hybridized carbons (Fsp3) is 0.529. The predicted molar refractivity (Wildman–Crippen MR) is 81.7 cm³/mol. The normalized spacial score (nSPS) is 32.4. The van der Waals surface area contributed by atoms with Gasteiger partial charge in [-0.1, -0.05) is 13.3 Å². The molecule has 0 saturated heterocycles. The van der Waals surface area contributed by atoms with Crippen LogP contribution in [0.1, 0.15) is 49.1 Å². The summed E-state index contributed by atoms with van der Waals surface area (Å²) in [5.74, 6) is 3.22. The third-order valence-corrected chi connectivity index (χ3v) is 6.43. The molecule has 2 aliphatic carbocycles. The molecule has 2 aromatic rings. The maximum Gasteiger partial charge on any atom is 0.0992 e. The quantitative estimate of drug-likeness (QED) is 0.759. The molecule has 102 valence electrons. The summed E-state index contributed by atoms with van der Waals surface area (Å²) in [5, 5.41) is 10.3. The summed E-state index contributed by atoms with van der Waals surface area (Å²) >= 11 is 1.82. The number of nitriles is 1. The van der Waals surface area contributed by atoms with Gasteiger partial charge < -0.3 is 0 Å². The van der Waals surface area contributed by atoms with E-state index in [1.165, 1.54) is 35.4 Å². The Labute approximate surface area is 123 Å². The van der Waals surface area contributed by atoms with Crippen LogP contribution in [0.4, 0.5) is 0 Å². The van der Waals surface area contributed by atoms with Crippen LogP contribution in [0.2, 0.25) is 0 Å². The van der Waals surface area contributed by atoms with Crippen LogP contribution in [-0.4, -0.2) is 4.98 Å². The molecule has 2 nitrogen and oxygen atoms in total. The van der Waals surface area contributed by atoms with E-state index in [0.29, 0.717) is 5.92 Å². The lowest BCUT2D eigenvalue weighted by atomic mass is 9.78. The number of fused-ring (bicyclic) bond motifs is 3. The number of aromatic nitrogens is 1. The highest BCUT2D eigenvalue weighted by Crippen LogP contribution is 2.55. The molecule has 4 rings (SSSR count). The monoisotopic (exact) mass is 282 g/mol. The molecule has 2 fully saturated rings. The molecule has 0 radical (unpaired) electrons. The van der Waals surface area contributed by atoms with Gasteiger partial charge in [-0.2, -0.15) is 5.26 Å². The van der Waals surface area contributed by atoms with Crippen molar-refractivity contribution in [3.63, 3.8) is 0 Å². The zero-order valence-electron chi connectivity index (χ0n) is 11.7. The summed E-state index contributed by atoms with van der Waals surface area (Å²) in [7, 11) is 0. The van der Waals surface area contributed by atoms with Crippen LogP contribution in [0.25, 0.3) is 10.2 Å². The number of hydrogen-bond acceptors (Lipinski definition) is 3. The van der Waals surface area contributed by atoms with Gasteiger partial charge in [-0.3, -0.25) is 0 Å². The van der Waals surface area contributed by atoms with Crippen LogP contribution in [-0.2, 0) is 0 Å². The number of hydrogen-bond donors (Lipinski definition) is 0. The average molecular weight is 282 g/mol. The molecular formula is C17H18N2S. The summed E-state index contributed by atoms with van der Waals surface area (Å²) in [4.78, 5) is 4.90. The molecule has 20 heavy (non-hydrogen) atoms. The van der Waals surface area contributed by atoms with Gasteiger partial charge in [-0.25, -0.2) is 4.98 Å². The third kappa shape index (κ3) is 1.78. The van der Waals surface area contributed by atoms with Crippen molar-refractivity contribution in [2.45, 2.75) is 38.5 Å². The van der Waals surface area contributed by atoms with Crippen LogP contribution >= 0.6 is 11.3 Å². The Bertz CT molecular complexity index is 697. The predicted octanol–water partition coefficient (Wildman–Crippen LogP) is 4.71. The Kier molecular flexibility index (Phi) is 2.82. The van der Waals surface area contributed by atoms with E-state index in [0.717, 1.165) is 28.8 Å². The fourth-order valence-corrected chi connectivity index (χ4v) is 5.70. The topological polar surface area (TPSA) is 36.7 Å². The molecule has 1 aromatic heterocycles. The Morgan fingerprint density at radius 3 is 3.05 bits per heavy atom. The zero-order valence-corrected chi connectivity index (χ0v) is 12.5. The molecule has 2 aliphatic rings. The van der Waals surface area contributed by atoms with Crippen molar-refractivity contribution < 1.29 is 0 Å². The first-order valence-electron chi connectivity index (χ1n) is 7.57.